The summed E-state index contributed by atoms with van der Waals surface area (Å²) in [5.74, 6) is 0.926. The summed E-state index contributed by atoms with van der Waals surface area (Å²) in [5.41, 5.74) is 0. The highest BCUT2D eigenvalue weighted by Gasteiger charge is 2.22. The maximum absolute atomic E-state index is 5.39. The summed E-state index contributed by atoms with van der Waals surface area (Å²) in [6.07, 6.45) is 9.84. The van der Waals surface area contributed by atoms with Crippen LogP contribution < -0.4 is 5.32 Å². The van der Waals surface area contributed by atoms with Crippen molar-refractivity contribution >= 4 is 0 Å². The van der Waals surface area contributed by atoms with E-state index in [1.54, 1.807) is 0 Å². The molecule has 0 aliphatic heterocycles. The monoisotopic (exact) mass is 227 g/mol. The van der Waals surface area contributed by atoms with Crippen molar-refractivity contribution in [1.82, 2.24) is 5.32 Å². The van der Waals surface area contributed by atoms with Gasteiger partial charge >= 0.3 is 0 Å². The van der Waals surface area contributed by atoms with Gasteiger partial charge in [0.25, 0.3) is 0 Å². The Labute approximate surface area is 101 Å². The number of hydrogen-bond donors (Lipinski definition) is 1. The van der Waals surface area contributed by atoms with Crippen molar-refractivity contribution in [3.63, 3.8) is 0 Å². The van der Waals surface area contributed by atoms with Crippen molar-refractivity contribution in [1.29, 1.82) is 0 Å². The Morgan fingerprint density at radius 2 is 1.94 bits per heavy atom. The van der Waals surface area contributed by atoms with Crippen LogP contribution in [0.5, 0.6) is 0 Å². The standard InChI is InChI=1S/C14H29NO/c1-3-8-14(15-11-12-16-4-2)13-9-6-5-7-10-13/h13-15H,3-12H2,1-2H3. The zero-order valence-corrected chi connectivity index (χ0v) is 11.1. The van der Waals surface area contributed by atoms with Gasteiger partial charge in [-0.15, -0.1) is 0 Å². The maximum Gasteiger partial charge on any atom is 0.0590 e. The molecule has 16 heavy (non-hydrogen) atoms. The molecular weight excluding hydrogens is 198 g/mol. The lowest BCUT2D eigenvalue weighted by Crippen LogP contribution is -2.39. The number of ether oxygens (including phenoxy) is 1. The molecule has 1 N–H and O–H groups in total. The molecule has 1 fully saturated rings. The van der Waals surface area contributed by atoms with Crippen LogP contribution in [0.25, 0.3) is 0 Å². The van der Waals surface area contributed by atoms with Crippen LogP contribution in [-0.4, -0.2) is 25.8 Å². The Hall–Kier alpha value is -0.0800. The van der Waals surface area contributed by atoms with Gasteiger partial charge in [0.15, 0.2) is 0 Å². The van der Waals surface area contributed by atoms with Crippen LogP contribution in [0.2, 0.25) is 0 Å². The van der Waals surface area contributed by atoms with Crippen molar-refractivity contribution in [2.24, 2.45) is 5.92 Å². The van der Waals surface area contributed by atoms with E-state index in [0.717, 1.165) is 31.7 Å². The van der Waals surface area contributed by atoms with Gasteiger partial charge in [-0.2, -0.15) is 0 Å². The Morgan fingerprint density at radius 1 is 1.19 bits per heavy atom. The molecule has 1 saturated carbocycles. The molecule has 2 heteroatoms. The molecule has 1 rings (SSSR count). The van der Waals surface area contributed by atoms with E-state index < -0.39 is 0 Å². The van der Waals surface area contributed by atoms with Crippen LogP contribution >= 0.6 is 0 Å². The minimum atomic E-state index is 0.741. The van der Waals surface area contributed by atoms with Crippen LogP contribution in [0.4, 0.5) is 0 Å². The molecule has 0 amide bonds. The second-order valence-corrected chi connectivity index (χ2v) is 4.94. The second-order valence-electron chi connectivity index (χ2n) is 4.94. The normalized spacial score (nSPS) is 19.9. The average Bonchev–Trinajstić information content (AvgIpc) is 2.34. The first-order chi connectivity index (χ1) is 7.88. The van der Waals surface area contributed by atoms with Crippen LogP contribution in [-0.2, 0) is 4.74 Å². The summed E-state index contributed by atoms with van der Waals surface area (Å²) in [7, 11) is 0. The van der Waals surface area contributed by atoms with E-state index in [-0.39, 0.29) is 0 Å². The molecule has 0 aromatic rings. The molecule has 1 atom stereocenters. The molecular formula is C14H29NO. The third-order valence-corrected chi connectivity index (χ3v) is 3.68. The van der Waals surface area contributed by atoms with E-state index in [4.69, 9.17) is 4.74 Å². The van der Waals surface area contributed by atoms with Gasteiger partial charge in [-0.3, -0.25) is 0 Å². The first-order valence-electron chi connectivity index (χ1n) is 7.19. The van der Waals surface area contributed by atoms with E-state index in [2.05, 4.69) is 19.2 Å². The molecule has 0 radical (unpaired) electrons. The summed E-state index contributed by atoms with van der Waals surface area (Å²) in [5, 5.41) is 3.70. The molecule has 0 aromatic carbocycles. The van der Waals surface area contributed by atoms with E-state index in [1.807, 2.05) is 0 Å². The number of rotatable bonds is 8. The Kier molecular flexibility index (Phi) is 7.87. The zero-order valence-electron chi connectivity index (χ0n) is 11.1. The molecule has 0 heterocycles. The zero-order chi connectivity index (χ0) is 11.6. The highest BCUT2D eigenvalue weighted by molar-refractivity contribution is 4.78. The molecule has 2 nitrogen and oxygen atoms in total. The minimum absolute atomic E-state index is 0.741. The second kappa shape index (κ2) is 9.00. The highest BCUT2D eigenvalue weighted by Crippen LogP contribution is 2.28. The Bertz CT molecular complexity index is 155. The Balaban J connectivity index is 2.22. The lowest BCUT2D eigenvalue weighted by atomic mass is 9.82. The van der Waals surface area contributed by atoms with Crippen LogP contribution in [0.3, 0.4) is 0 Å². The Morgan fingerprint density at radius 3 is 2.56 bits per heavy atom. The molecule has 0 aromatic heterocycles. The lowest BCUT2D eigenvalue weighted by molar-refractivity contribution is 0.140. The summed E-state index contributed by atoms with van der Waals surface area (Å²) in [6, 6.07) is 0.741. The summed E-state index contributed by atoms with van der Waals surface area (Å²) in [6.45, 7) is 7.08. The van der Waals surface area contributed by atoms with Gasteiger partial charge in [-0.25, -0.2) is 0 Å². The quantitative estimate of drug-likeness (QED) is 0.642. The van der Waals surface area contributed by atoms with Crippen molar-refractivity contribution in [3.05, 3.63) is 0 Å². The SMILES string of the molecule is CCCC(NCCOCC)C1CCCCC1. The van der Waals surface area contributed by atoms with E-state index in [1.165, 1.54) is 44.9 Å². The fourth-order valence-corrected chi connectivity index (χ4v) is 2.81. The third kappa shape index (κ3) is 5.31. The molecule has 1 aliphatic rings. The predicted molar refractivity (Wildman–Crippen MR) is 69.8 cm³/mol. The first kappa shape index (κ1) is 14.0. The fourth-order valence-electron chi connectivity index (χ4n) is 2.81. The van der Waals surface area contributed by atoms with Crippen LogP contribution in [0.15, 0.2) is 0 Å². The number of nitrogens with one attached hydrogen (secondary N) is 1. The summed E-state index contributed by atoms with van der Waals surface area (Å²) < 4.78 is 5.39. The molecule has 96 valence electrons. The molecule has 0 saturated heterocycles. The third-order valence-electron chi connectivity index (χ3n) is 3.68. The topological polar surface area (TPSA) is 21.3 Å². The van der Waals surface area contributed by atoms with Gasteiger partial charge < -0.3 is 10.1 Å². The molecule has 1 unspecified atom stereocenters. The minimum Gasteiger partial charge on any atom is -0.380 e. The van der Waals surface area contributed by atoms with E-state index in [0.29, 0.717) is 0 Å². The first-order valence-corrected chi connectivity index (χ1v) is 7.19. The summed E-state index contributed by atoms with van der Waals surface area (Å²) in [4.78, 5) is 0. The van der Waals surface area contributed by atoms with Crippen molar-refractivity contribution in [2.45, 2.75) is 64.8 Å². The largest absolute Gasteiger partial charge is 0.380 e. The fraction of sp³-hybridized carbons (Fsp3) is 1.00. The highest BCUT2D eigenvalue weighted by atomic mass is 16.5. The predicted octanol–water partition coefficient (Wildman–Crippen LogP) is 3.36. The molecule has 0 bridgehead atoms. The van der Waals surface area contributed by atoms with Crippen molar-refractivity contribution < 1.29 is 4.74 Å². The van der Waals surface area contributed by atoms with E-state index >= 15 is 0 Å². The van der Waals surface area contributed by atoms with E-state index in [9.17, 15) is 0 Å². The van der Waals surface area contributed by atoms with Gasteiger partial charge in [0, 0.05) is 19.2 Å². The van der Waals surface area contributed by atoms with Gasteiger partial charge in [-0.1, -0.05) is 32.6 Å². The van der Waals surface area contributed by atoms with Gasteiger partial charge in [-0.05, 0) is 32.1 Å². The summed E-state index contributed by atoms with van der Waals surface area (Å²) >= 11 is 0. The number of hydrogen-bond acceptors (Lipinski definition) is 2. The maximum atomic E-state index is 5.39. The van der Waals surface area contributed by atoms with Crippen molar-refractivity contribution in [2.75, 3.05) is 19.8 Å². The molecule has 0 spiro atoms. The average molecular weight is 227 g/mol. The van der Waals surface area contributed by atoms with Crippen LogP contribution in [0, 0.1) is 5.92 Å². The van der Waals surface area contributed by atoms with Crippen LogP contribution in [0.1, 0.15) is 58.8 Å². The van der Waals surface area contributed by atoms with Gasteiger partial charge in [0.1, 0.15) is 0 Å². The lowest BCUT2D eigenvalue weighted by Gasteiger charge is -2.31. The molecule has 1 aliphatic carbocycles. The smallest absolute Gasteiger partial charge is 0.0590 e. The van der Waals surface area contributed by atoms with Crippen molar-refractivity contribution in [3.8, 4) is 0 Å². The van der Waals surface area contributed by atoms with Gasteiger partial charge in [0.05, 0.1) is 6.61 Å². The van der Waals surface area contributed by atoms with Gasteiger partial charge in [0.2, 0.25) is 0 Å².